The largest absolute Gasteiger partial charge is 0.395 e. The zero-order chi connectivity index (χ0) is 25.6. The first kappa shape index (κ1) is 25.8. The molecule has 3 unspecified atom stereocenters. The van der Waals surface area contributed by atoms with E-state index in [4.69, 9.17) is 0 Å². The number of fused-ring (bicyclic) bond motifs is 1. The minimum Gasteiger partial charge on any atom is -0.395 e. The molecule has 3 aliphatic rings. The van der Waals surface area contributed by atoms with E-state index in [1.807, 2.05) is 14.0 Å². The predicted octanol–water partition coefficient (Wildman–Crippen LogP) is 3.08. The summed E-state index contributed by atoms with van der Waals surface area (Å²) in [5.41, 5.74) is 9.40. The van der Waals surface area contributed by atoms with E-state index in [1.54, 1.807) is 9.31 Å². The van der Waals surface area contributed by atoms with Gasteiger partial charge in [-0.25, -0.2) is 13.4 Å². The van der Waals surface area contributed by atoms with E-state index in [-0.39, 0.29) is 30.7 Å². The minimum atomic E-state index is -3.48. The number of sulfonamides is 1. The molecule has 0 saturated carbocycles. The summed E-state index contributed by atoms with van der Waals surface area (Å²) < 4.78 is 29.2. The zero-order valence-corrected chi connectivity index (χ0v) is 22.7. The van der Waals surface area contributed by atoms with Crippen molar-refractivity contribution in [3.05, 3.63) is 59.2 Å². The molecule has 3 saturated heterocycles. The number of hydrogen-bond acceptors (Lipinski definition) is 6. The van der Waals surface area contributed by atoms with Crippen molar-refractivity contribution in [1.82, 2.24) is 19.6 Å². The summed E-state index contributed by atoms with van der Waals surface area (Å²) in [5.74, 6) is 0.108. The zero-order valence-electron chi connectivity index (χ0n) is 21.9. The molecule has 5 atom stereocenters. The first-order chi connectivity index (χ1) is 17.2. The maximum atomic E-state index is 13.7. The SMILES string of the molecule is Cc1cccc(-c2ccc([C@H]3C4CN(S(=O)(=O)C5CC(C)NN5C)CCCCN4[C@@H]3CO)cc2)c1C. The van der Waals surface area contributed by atoms with E-state index < -0.39 is 15.4 Å². The van der Waals surface area contributed by atoms with Gasteiger partial charge in [-0.2, -0.15) is 4.31 Å². The third kappa shape index (κ3) is 4.52. The Morgan fingerprint density at radius 3 is 2.44 bits per heavy atom. The Kier molecular flexibility index (Phi) is 7.29. The van der Waals surface area contributed by atoms with Gasteiger partial charge in [-0.1, -0.05) is 42.5 Å². The number of nitrogens with one attached hydrogen (secondary N) is 1. The number of rotatable bonds is 5. The molecule has 3 heterocycles. The molecule has 0 spiro atoms. The van der Waals surface area contributed by atoms with Gasteiger partial charge in [-0.15, -0.1) is 0 Å². The average molecular weight is 513 g/mol. The molecular weight excluding hydrogens is 472 g/mol. The van der Waals surface area contributed by atoms with Crippen molar-refractivity contribution >= 4 is 10.0 Å². The molecule has 7 nitrogen and oxygen atoms in total. The number of nitrogens with zero attached hydrogens (tertiary/aromatic N) is 3. The van der Waals surface area contributed by atoms with Crippen molar-refractivity contribution < 1.29 is 13.5 Å². The molecule has 0 aromatic heterocycles. The molecule has 36 heavy (non-hydrogen) atoms. The molecule has 2 N–H and O–H groups in total. The lowest BCUT2D eigenvalue weighted by Gasteiger charge is -2.57. The number of hydrogen-bond donors (Lipinski definition) is 2. The second-order valence-electron chi connectivity index (χ2n) is 10.9. The Labute approximate surface area is 216 Å². The van der Waals surface area contributed by atoms with E-state index in [0.29, 0.717) is 19.5 Å². The van der Waals surface area contributed by atoms with E-state index in [2.05, 4.69) is 66.6 Å². The lowest BCUT2D eigenvalue weighted by Crippen LogP contribution is -2.68. The van der Waals surface area contributed by atoms with Crippen LogP contribution in [-0.2, 0) is 10.0 Å². The predicted molar refractivity (Wildman–Crippen MR) is 144 cm³/mol. The molecule has 2 aromatic carbocycles. The Morgan fingerprint density at radius 1 is 1.06 bits per heavy atom. The second-order valence-corrected chi connectivity index (χ2v) is 13.0. The number of aliphatic hydroxyl groups is 1. The van der Waals surface area contributed by atoms with Gasteiger partial charge in [-0.05, 0) is 74.4 Å². The second kappa shape index (κ2) is 10.2. The topological polar surface area (TPSA) is 76.1 Å². The molecule has 8 heteroatoms. The first-order valence-corrected chi connectivity index (χ1v) is 14.7. The van der Waals surface area contributed by atoms with Gasteiger partial charge >= 0.3 is 0 Å². The summed E-state index contributed by atoms with van der Waals surface area (Å²) >= 11 is 0. The standard InChI is InChI=1S/C28H40N4O3S/c1-19-8-7-9-24(21(19)3)22-10-12-23(13-11-22)28-25-17-31(14-5-6-15-32(25)26(28)18-33)36(34,35)27-16-20(2)29-30(27)4/h7-13,20,25-29,33H,5-6,14-18H2,1-4H3/t20?,25?,26-,27?,28+/m1/s1. The van der Waals surface area contributed by atoms with Gasteiger partial charge in [0.2, 0.25) is 10.0 Å². The van der Waals surface area contributed by atoms with Gasteiger partial charge in [0.15, 0.2) is 0 Å². The summed E-state index contributed by atoms with van der Waals surface area (Å²) in [6, 6.07) is 15.3. The quantitative estimate of drug-likeness (QED) is 0.641. The number of benzene rings is 2. The molecule has 0 aliphatic carbocycles. The molecule has 5 rings (SSSR count). The Bertz CT molecular complexity index is 1190. The van der Waals surface area contributed by atoms with Crippen LogP contribution in [0.4, 0.5) is 0 Å². The van der Waals surface area contributed by atoms with Crippen LogP contribution in [0.5, 0.6) is 0 Å². The van der Waals surface area contributed by atoms with Crippen molar-refractivity contribution in [2.75, 3.05) is 33.3 Å². The van der Waals surface area contributed by atoms with Crippen LogP contribution in [0.1, 0.15) is 48.8 Å². The Morgan fingerprint density at radius 2 is 1.78 bits per heavy atom. The summed E-state index contributed by atoms with van der Waals surface area (Å²) in [4.78, 5) is 2.34. The molecular formula is C28H40N4O3S. The number of aliphatic hydroxyl groups excluding tert-OH is 1. The average Bonchev–Trinajstić information content (AvgIpc) is 3.19. The van der Waals surface area contributed by atoms with Crippen molar-refractivity contribution in [3.8, 4) is 11.1 Å². The van der Waals surface area contributed by atoms with Crippen LogP contribution in [0.3, 0.4) is 0 Å². The molecule has 0 bridgehead atoms. The summed E-state index contributed by atoms with van der Waals surface area (Å²) in [5, 5.41) is 11.5. The highest BCUT2D eigenvalue weighted by atomic mass is 32.2. The van der Waals surface area contributed by atoms with Crippen LogP contribution in [0.15, 0.2) is 42.5 Å². The molecule has 3 fully saturated rings. The highest BCUT2D eigenvalue weighted by Crippen LogP contribution is 2.43. The van der Waals surface area contributed by atoms with Gasteiger partial charge in [0.05, 0.1) is 6.61 Å². The fraction of sp³-hybridized carbons (Fsp3) is 0.571. The lowest BCUT2D eigenvalue weighted by molar-refractivity contribution is -0.0555. The maximum absolute atomic E-state index is 13.7. The fourth-order valence-electron chi connectivity index (χ4n) is 6.53. The van der Waals surface area contributed by atoms with Crippen molar-refractivity contribution in [1.29, 1.82) is 0 Å². The van der Waals surface area contributed by atoms with Gasteiger partial charge < -0.3 is 5.11 Å². The van der Waals surface area contributed by atoms with Gasteiger partial charge in [0, 0.05) is 44.2 Å². The highest BCUT2D eigenvalue weighted by molar-refractivity contribution is 7.89. The van der Waals surface area contributed by atoms with E-state index >= 15 is 0 Å². The van der Waals surface area contributed by atoms with E-state index in [9.17, 15) is 13.5 Å². The smallest absolute Gasteiger partial charge is 0.231 e. The van der Waals surface area contributed by atoms with Crippen molar-refractivity contribution in [3.63, 3.8) is 0 Å². The van der Waals surface area contributed by atoms with E-state index in [0.717, 1.165) is 19.4 Å². The molecule has 0 radical (unpaired) electrons. The third-order valence-electron chi connectivity index (χ3n) is 8.66. The molecule has 3 aliphatic heterocycles. The van der Waals surface area contributed by atoms with Crippen LogP contribution in [-0.4, -0.2) is 84.5 Å². The normalized spacial score (nSPS) is 30.4. The van der Waals surface area contributed by atoms with Crippen molar-refractivity contribution in [2.45, 2.75) is 69.5 Å². The molecule has 2 aromatic rings. The summed E-state index contributed by atoms with van der Waals surface area (Å²) in [6.07, 6.45) is 2.37. The first-order valence-electron chi connectivity index (χ1n) is 13.2. The highest BCUT2D eigenvalue weighted by Gasteiger charge is 2.51. The summed E-state index contributed by atoms with van der Waals surface area (Å²) in [7, 11) is -1.65. The van der Waals surface area contributed by atoms with Gasteiger partial charge in [0.1, 0.15) is 5.37 Å². The van der Waals surface area contributed by atoms with Gasteiger partial charge in [0.25, 0.3) is 0 Å². The monoisotopic (exact) mass is 512 g/mol. The van der Waals surface area contributed by atoms with Crippen LogP contribution in [0.2, 0.25) is 0 Å². The Hall–Kier alpha value is -1.81. The summed E-state index contributed by atoms with van der Waals surface area (Å²) in [6.45, 7) is 8.34. The van der Waals surface area contributed by atoms with Crippen LogP contribution < -0.4 is 5.43 Å². The van der Waals surface area contributed by atoms with Crippen LogP contribution >= 0.6 is 0 Å². The third-order valence-corrected chi connectivity index (χ3v) is 10.9. The van der Waals surface area contributed by atoms with Gasteiger partial charge in [-0.3, -0.25) is 10.3 Å². The maximum Gasteiger partial charge on any atom is 0.231 e. The number of aryl methyl sites for hydroxylation is 1. The molecule has 196 valence electrons. The number of hydrazine groups is 1. The van der Waals surface area contributed by atoms with E-state index in [1.165, 1.54) is 27.8 Å². The fourth-order valence-corrected chi connectivity index (χ4v) is 8.61. The lowest BCUT2D eigenvalue weighted by atomic mass is 9.74. The van der Waals surface area contributed by atoms with Crippen LogP contribution in [0.25, 0.3) is 11.1 Å². The minimum absolute atomic E-state index is 0.0278. The van der Waals surface area contributed by atoms with Crippen LogP contribution in [0, 0.1) is 13.8 Å². The Balaban J connectivity index is 1.41. The molecule has 0 amide bonds. The van der Waals surface area contributed by atoms with Crippen molar-refractivity contribution in [2.24, 2.45) is 0 Å².